The van der Waals surface area contributed by atoms with Gasteiger partial charge < -0.3 is 0 Å². The van der Waals surface area contributed by atoms with E-state index in [4.69, 9.17) is 11.6 Å². The largest absolute Gasteiger partial charge is 0.276 e. The van der Waals surface area contributed by atoms with Crippen molar-refractivity contribution in [3.63, 3.8) is 0 Å². The molecule has 1 aliphatic heterocycles. The van der Waals surface area contributed by atoms with Gasteiger partial charge in [-0.05, 0) is 35.9 Å². The van der Waals surface area contributed by atoms with E-state index in [0.717, 1.165) is 10.1 Å². The standard InChI is InChI=1S/C10H8ClIN2O/c11-10(15)8-1-3-9(4-2-8)14-7-12-5-6-13-14/h1-4,6-7H,5H2. The maximum Gasteiger partial charge on any atom is 0.252 e. The molecule has 0 saturated carbocycles. The molecule has 1 heterocycles. The Morgan fingerprint density at radius 2 is 2.13 bits per heavy atom. The second-order valence-corrected chi connectivity index (χ2v) is 5.53. The van der Waals surface area contributed by atoms with Crippen molar-refractivity contribution in [1.29, 1.82) is 0 Å². The number of hydrazone groups is 1. The van der Waals surface area contributed by atoms with E-state index in [0.29, 0.717) is 5.56 Å². The van der Waals surface area contributed by atoms with E-state index < -0.39 is 5.24 Å². The SMILES string of the molecule is O=C(Cl)c1ccc(N2C=ICC=N2)cc1. The Hall–Kier alpha value is -0.750. The van der Waals surface area contributed by atoms with Gasteiger partial charge in [-0.15, -0.1) is 0 Å². The maximum atomic E-state index is 10.9. The number of rotatable bonds is 2. The second kappa shape index (κ2) is 4.85. The molecule has 0 fully saturated rings. The molecule has 0 aromatic heterocycles. The topological polar surface area (TPSA) is 32.7 Å². The molecule has 2 rings (SSSR count). The van der Waals surface area contributed by atoms with Crippen LogP contribution in [0.5, 0.6) is 0 Å². The van der Waals surface area contributed by atoms with E-state index in [-0.39, 0.29) is 20.7 Å². The predicted molar refractivity (Wildman–Crippen MR) is 72.5 cm³/mol. The molecule has 1 aliphatic rings. The first-order valence-corrected chi connectivity index (χ1v) is 7.45. The number of nitrogens with zero attached hydrogens (tertiary/aromatic N) is 2. The van der Waals surface area contributed by atoms with E-state index in [1.54, 1.807) is 12.1 Å². The third kappa shape index (κ3) is 2.63. The Balaban J connectivity index is 2.23. The van der Waals surface area contributed by atoms with Gasteiger partial charge in [0.25, 0.3) is 5.24 Å². The molecule has 0 spiro atoms. The number of halogens is 2. The summed E-state index contributed by atoms with van der Waals surface area (Å²) < 4.78 is 3.21. The fourth-order valence-electron chi connectivity index (χ4n) is 1.16. The number of anilines is 1. The molecule has 0 N–H and O–H groups in total. The molecule has 3 nitrogen and oxygen atoms in total. The molecule has 78 valence electrons. The van der Waals surface area contributed by atoms with E-state index in [1.165, 1.54) is 0 Å². The minimum absolute atomic E-state index is 0.0867. The molecule has 0 amide bonds. The lowest BCUT2D eigenvalue weighted by atomic mass is 10.2. The van der Waals surface area contributed by atoms with Crippen LogP contribution in [0.3, 0.4) is 0 Å². The van der Waals surface area contributed by atoms with E-state index >= 15 is 0 Å². The van der Waals surface area contributed by atoms with Crippen LogP contribution in [0, 0.1) is 0 Å². The number of benzene rings is 1. The average Bonchev–Trinajstić information content (AvgIpc) is 2.30. The second-order valence-electron chi connectivity index (χ2n) is 2.87. The van der Waals surface area contributed by atoms with Crippen LogP contribution in [-0.4, -0.2) is 20.0 Å². The first kappa shape index (κ1) is 10.8. The highest BCUT2D eigenvalue weighted by molar-refractivity contribution is 14.2. The Morgan fingerprint density at radius 3 is 2.67 bits per heavy atom. The number of alkyl halides is 1. The molecule has 5 heteroatoms. The van der Waals surface area contributed by atoms with Crippen molar-refractivity contribution in [2.24, 2.45) is 5.10 Å². The molecular weight excluding hydrogens is 326 g/mol. The fourth-order valence-corrected chi connectivity index (χ4v) is 2.75. The van der Waals surface area contributed by atoms with Gasteiger partial charge in [-0.25, -0.2) is 5.01 Å². The lowest BCUT2D eigenvalue weighted by molar-refractivity contribution is 0.108. The Kier molecular flexibility index (Phi) is 3.48. The molecule has 0 aliphatic carbocycles. The summed E-state index contributed by atoms with van der Waals surface area (Å²) in [5.74, 6) is 0. The first-order chi connectivity index (χ1) is 7.27. The zero-order valence-corrected chi connectivity index (χ0v) is 10.6. The Morgan fingerprint density at radius 1 is 1.40 bits per heavy atom. The van der Waals surface area contributed by atoms with E-state index in [2.05, 4.69) is 9.24 Å². The number of carbonyl (C=O) groups is 1. The smallest absolute Gasteiger partial charge is 0.252 e. The van der Waals surface area contributed by atoms with Crippen molar-refractivity contribution in [2.75, 3.05) is 9.44 Å². The zero-order valence-electron chi connectivity index (χ0n) is 7.73. The molecule has 1 aromatic carbocycles. The predicted octanol–water partition coefficient (Wildman–Crippen LogP) is 2.60. The highest BCUT2D eigenvalue weighted by atomic mass is 127. The number of carbonyl (C=O) groups excluding carboxylic acids is 1. The van der Waals surface area contributed by atoms with Crippen molar-refractivity contribution >= 4 is 53.6 Å². The van der Waals surface area contributed by atoms with Crippen LogP contribution in [0.15, 0.2) is 29.4 Å². The first-order valence-electron chi connectivity index (χ1n) is 4.30. The van der Waals surface area contributed by atoms with Crippen molar-refractivity contribution in [3.8, 4) is 0 Å². The van der Waals surface area contributed by atoms with Gasteiger partial charge in [0.15, 0.2) is 0 Å². The van der Waals surface area contributed by atoms with E-state index in [1.807, 2.05) is 23.4 Å². The fraction of sp³-hybridized carbons (Fsp3) is 0.100. The summed E-state index contributed by atoms with van der Waals surface area (Å²) in [6.07, 6.45) is 1.92. The van der Waals surface area contributed by atoms with Crippen molar-refractivity contribution in [2.45, 2.75) is 0 Å². The summed E-state index contributed by atoms with van der Waals surface area (Å²) in [6.45, 7) is 0. The van der Waals surface area contributed by atoms with Crippen LogP contribution >= 0.6 is 32.3 Å². The highest BCUT2D eigenvalue weighted by Crippen LogP contribution is 2.18. The van der Waals surface area contributed by atoms with Crippen LogP contribution in [0.2, 0.25) is 0 Å². The molecule has 1 aromatic rings. The summed E-state index contributed by atoms with van der Waals surface area (Å²) in [7, 11) is 0. The molecule has 15 heavy (non-hydrogen) atoms. The number of hydrogen-bond acceptors (Lipinski definition) is 3. The lowest BCUT2D eigenvalue weighted by Crippen LogP contribution is -2.15. The third-order valence-electron chi connectivity index (χ3n) is 1.88. The highest BCUT2D eigenvalue weighted by Gasteiger charge is 2.05. The molecule has 0 saturated heterocycles. The monoisotopic (exact) mass is 334 g/mol. The van der Waals surface area contributed by atoms with E-state index in [9.17, 15) is 4.79 Å². The summed E-state index contributed by atoms with van der Waals surface area (Å²) in [4.78, 5) is 10.9. The van der Waals surface area contributed by atoms with Gasteiger partial charge in [-0.2, -0.15) is 5.10 Å². The Bertz CT molecular complexity index is 416. The summed E-state index contributed by atoms with van der Waals surface area (Å²) >= 11 is 5.44. The average molecular weight is 335 g/mol. The van der Waals surface area contributed by atoms with Crippen LogP contribution in [0.4, 0.5) is 5.69 Å². The molecule has 0 unspecified atom stereocenters. The van der Waals surface area contributed by atoms with Crippen LogP contribution in [0.1, 0.15) is 10.4 Å². The van der Waals surface area contributed by atoms with Gasteiger partial charge in [0.05, 0.1) is 9.82 Å². The lowest BCUT2D eigenvalue weighted by Gasteiger charge is -2.15. The van der Waals surface area contributed by atoms with Gasteiger partial charge in [-0.1, -0.05) is 20.7 Å². The van der Waals surface area contributed by atoms with Crippen molar-refractivity contribution in [1.82, 2.24) is 0 Å². The summed E-state index contributed by atoms with van der Waals surface area (Å²) in [5.41, 5.74) is 1.48. The van der Waals surface area contributed by atoms with Gasteiger partial charge in [0, 0.05) is 16.2 Å². The van der Waals surface area contributed by atoms with Gasteiger partial charge in [0.2, 0.25) is 0 Å². The third-order valence-corrected chi connectivity index (χ3v) is 3.93. The maximum absolute atomic E-state index is 10.9. The van der Waals surface area contributed by atoms with Gasteiger partial charge in [-0.3, -0.25) is 4.79 Å². The molecule has 0 atom stereocenters. The Labute approximate surface area is 102 Å². The van der Waals surface area contributed by atoms with Crippen molar-refractivity contribution in [3.05, 3.63) is 29.8 Å². The number of hydrogen-bond donors (Lipinski definition) is 0. The van der Waals surface area contributed by atoms with Crippen molar-refractivity contribution < 1.29 is 4.79 Å². The molecule has 0 bridgehead atoms. The molecular formula is C10H8ClIN2O. The van der Waals surface area contributed by atoms with Crippen LogP contribution in [-0.2, 0) is 0 Å². The minimum atomic E-state index is -0.430. The summed E-state index contributed by atoms with van der Waals surface area (Å²) in [6, 6.07) is 7.11. The minimum Gasteiger partial charge on any atom is -0.276 e. The van der Waals surface area contributed by atoms with Crippen LogP contribution < -0.4 is 5.01 Å². The van der Waals surface area contributed by atoms with Crippen LogP contribution in [0.25, 0.3) is 0 Å². The normalized spacial score (nSPS) is 14.9. The van der Waals surface area contributed by atoms with Gasteiger partial charge >= 0.3 is 0 Å². The zero-order chi connectivity index (χ0) is 10.7. The summed E-state index contributed by atoms with van der Waals surface area (Å²) in [5, 5.41) is 5.65. The molecule has 0 radical (unpaired) electrons. The quantitative estimate of drug-likeness (QED) is 0.473. The van der Waals surface area contributed by atoms with Gasteiger partial charge in [0.1, 0.15) is 0 Å².